The second-order valence-corrected chi connectivity index (χ2v) is 8.51. The zero-order valence-corrected chi connectivity index (χ0v) is 19.7. The fraction of sp³-hybridized carbons (Fsp3) is 0.179. The van der Waals surface area contributed by atoms with E-state index in [0.29, 0.717) is 40.2 Å². The first kappa shape index (κ1) is 23.7. The summed E-state index contributed by atoms with van der Waals surface area (Å²) >= 11 is 0. The maximum absolute atomic E-state index is 12.5. The van der Waals surface area contributed by atoms with Crippen LogP contribution in [0.5, 0.6) is 5.88 Å². The van der Waals surface area contributed by atoms with Crippen LogP contribution >= 0.6 is 0 Å². The van der Waals surface area contributed by atoms with Gasteiger partial charge < -0.3 is 20.3 Å². The van der Waals surface area contributed by atoms with Gasteiger partial charge >= 0.3 is 0 Å². The molecule has 0 unspecified atom stereocenters. The Morgan fingerprint density at radius 2 is 1.80 bits per heavy atom. The predicted octanol–water partition coefficient (Wildman–Crippen LogP) is 4.60. The number of carbonyl (C=O) groups excluding carboxylic acids is 1. The van der Waals surface area contributed by atoms with E-state index in [4.69, 9.17) is 4.99 Å². The minimum atomic E-state index is -0.120. The second-order valence-electron chi connectivity index (χ2n) is 8.51. The average molecular weight is 466 g/mol. The van der Waals surface area contributed by atoms with Gasteiger partial charge in [0.05, 0.1) is 34.1 Å². The standard InChI is InChI=1S/C28H27N5O2/c1-33(2)16-6-15-30-27(34)21-10-12-22(13-11-21)31-26(20-7-4-3-5-8-20)25-23-14-9-19(18-29)17-24(23)32-28(25)35/h3-5,7-14,17,32,35H,6,15-16H2,1-2H3,(H,30,34). The lowest BCUT2D eigenvalue weighted by atomic mass is 10.00. The number of H-pyrrole nitrogens is 1. The van der Waals surface area contributed by atoms with E-state index >= 15 is 0 Å². The number of fused-ring (bicyclic) bond motifs is 1. The number of rotatable bonds is 8. The number of carbonyl (C=O) groups is 1. The first-order chi connectivity index (χ1) is 17.0. The molecule has 0 aliphatic heterocycles. The molecular formula is C28H27N5O2. The lowest BCUT2D eigenvalue weighted by molar-refractivity contribution is 0.0952. The van der Waals surface area contributed by atoms with Gasteiger partial charge in [-0.1, -0.05) is 36.4 Å². The summed E-state index contributed by atoms with van der Waals surface area (Å²) in [6.45, 7) is 1.52. The number of hydrogen-bond donors (Lipinski definition) is 3. The highest BCUT2D eigenvalue weighted by atomic mass is 16.3. The van der Waals surface area contributed by atoms with Crippen molar-refractivity contribution in [2.45, 2.75) is 6.42 Å². The van der Waals surface area contributed by atoms with Gasteiger partial charge in [-0.3, -0.25) is 4.79 Å². The van der Waals surface area contributed by atoms with Crippen molar-refractivity contribution in [1.29, 1.82) is 5.26 Å². The van der Waals surface area contributed by atoms with Gasteiger partial charge in [-0.05, 0) is 63.5 Å². The molecule has 0 aliphatic rings. The Balaban J connectivity index is 1.67. The Bertz CT molecular complexity index is 1400. The molecular weight excluding hydrogens is 438 g/mol. The summed E-state index contributed by atoms with van der Waals surface area (Å²) in [5, 5.41) is 23.7. The minimum absolute atomic E-state index is 0.0218. The number of nitriles is 1. The molecule has 0 saturated carbocycles. The Morgan fingerprint density at radius 3 is 2.49 bits per heavy atom. The van der Waals surface area contributed by atoms with Crippen molar-refractivity contribution in [2.75, 3.05) is 27.2 Å². The highest BCUT2D eigenvalue weighted by Crippen LogP contribution is 2.32. The fourth-order valence-corrected chi connectivity index (χ4v) is 3.87. The molecule has 0 bridgehead atoms. The van der Waals surface area contributed by atoms with Crippen LogP contribution in [-0.4, -0.2) is 53.8 Å². The first-order valence-electron chi connectivity index (χ1n) is 11.4. The zero-order valence-electron chi connectivity index (χ0n) is 19.7. The number of nitrogens with zero attached hydrogens (tertiary/aromatic N) is 3. The third-order valence-corrected chi connectivity index (χ3v) is 5.63. The Morgan fingerprint density at radius 1 is 1.06 bits per heavy atom. The van der Waals surface area contributed by atoms with Gasteiger partial charge in [0.15, 0.2) is 5.88 Å². The van der Waals surface area contributed by atoms with E-state index in [1.165, 1.54) is 0 Å². The lowest BCUT2D eigenvalue weighted by Crippen LogP contribution is -2.27. The number of aromatic nitrogens is 1. The minimum Gasteiger partial charge on any atom is -0.494 e. The van der Waals surface area contributed by atoms with Crippen LogP contribution < -0.4 is 5.32 Å². The number of aromatic amines is 1. The van der Waals surface area contributed by atoms with Gasteiger partial charge in [0, 0.05) is 23.1 Å². The summed E-state index contributed by atoms with van der Waals surface area (Å²) in [7, 11) is 4.01. The molecule has 7 heteroatoms. The van der Waals surface area contributed by atoms with Crippen molar-refractivity contribution in [3.05, 3.63) is 95.1 Å². The highest BCUT2D eigenvalue weighted by molar-refractivity contribution is 6.22. The fourth-order valence-electron chi connectivity index (χ4n) is 3.87. The second kappa shape index (κ2) is 10.7. The molecule has 1 heterocycles. The summed E-state index contributed by atoms with van der Waals surface area (Å²) in [5.74, 6) is -0.142. The van der Waals surface area contributed by atoms with Crippen LogP contribution in [0.3, 0.4) is 0 Å². The van der Waals surface area contributed by atoms with Gasteiger partial charge in [-0.15, -0.1) is 0 Å². The molecule has 0 aliphatic carbocycles. The lowest BCUT2D eigenvalue weighted by Gasteiger charge is -2.10. The van der Waals surface area contributed by atoms with Crippen molar-refractivity contribution in [2.24, 2.45) is 4.99 Å². The Kier molecular flexibility index (Phi) is 7.24. The average Bonchev–Trinajstić information content (AvgIpc) is 3.20. The van der Waals surface area contributed by atoms with E-state index in [-0.39, 0.29) is 11.8 Å². The van der Waals surface area contributed by atoms with E-state index in [1.807, 2.05) is 50.5 Å². The molecule has 3 N–H and O–H groups in total. The van der Waals surface area contributed by atoms with Crippen LogP contribution in [0.1, 0.15) is 33.5 Å². The van der Waals surface area contributed by atoms with Crippen molar-refractivity contribution in [3.63, 3.8) is 0 Å². The number of aliphatic imine (C=N–C) groups is 1. The molecule has 0 spiro atoms. The molecule has 4 rings (SSSR count). The van der Waals surface area contributed by atoms with Crippen LogP contribution in [0.15, 0.2) is 77.8 Å². The summed E-state index contributed by atoms with van der Waals surface area (Å²) in [6.07, 6.45) is 0.880. The number of nitrogens with one attached hydrogen (secondary N) is 2. The molecule has 0 radical (unpaired) electrons. The highest BCUT2D eigenvalue weighted by Gasteiger charge is 2.19. The van der Waals surface area contributed by atoms with E-state index in [2.05, 4.69) is 21.3 Å². The van der Waals surface area contributed by atoms with Crippen LogP contribution in [0.25, 0.3) is 10.9 Å². The molecule has 0 saturated heterocycles. The topological polar surface area (TPSA) is 105 Å². The number of benzene rings is 3. The Labute approximate surface area is 204 Å². The van der Waals surface area contributed by atoms with Crippen LogP contribution in [0.4, 0.5) is 5.69 Å². The molecule has 7 nitrogen and oxygen atoms in total. The predicted molar refractivity (Wildman–Crippen MR) is 138 cm³/mol. The normalized spacial score (nSPS) is 11.5. The molecule has 176 valence electrons. The zero-order chi connectivity index (χ0) is 24.8. The van der Waals surface area contributed by atoms with Gasteiger partial charge in [-0.25, -0.2) is 4.99 Å². The van der Waals surface area contributed by atoms with E-state index in [0.717, 1.165) is 23.9 Å². The summed E-state index contributed by atoms with van der Waals surface area (Å²) in [6, 6.07) is 24.0. The van der Waals surface area contributed by atoms with Gasteiger partial charge in [0.25, 0.3) is 5.91 Å². The number of aromatic hydroxyl groups is 1. The van der Waals surface area contributed by atoms with Crippen molar-refractivity contribution >= 4 is 28.2 Å². The van der Waals surface area contributed by atoms with E-state index < -0.39 is 0 Å². The summed E-state index contributed by atoms with van der Waals surface area (Å²) < 4.78 is 0. The van der Waals surface area contributed by atoms with Crippen molar-refractivity contribution in [1.82, 2.24) is 15.2 Å². The summed E-state index contributed by atoms with van der Waals surface area (Å²) in [4.78, 5) is 22.3. The van der Waals surface area contributed by atoms with Crippen LogP contribution in [-0.2, 0) is 0 Å². The molecule has 1 amide bonds. The SMILES string of the molecule is CN(C)CCCNC(=O)c1ccc(N=C(c2ccccc2)c2c(O)[nH]c3cc(C#N)ccc23)cc1. The molecule has 0 atom stereocenters. The maximum Gasteiger partial charge on any atom is 0.251 e. The third-order valence-electron chi connectivity index (χ3n) is 5.63. The van der Waals surface area contributed by atoms with Gasteiger partial charge in [0.1, 0.15) is 0 Å². The van der Waals surface area contributed by atoms with Gasteiger partial charge in [-0.2, -0.15) is 5.26 Å². The largest absolute Gasteiger partial charge is 0.494 e. The van der Waals surface area contributed by atoms with E-state index in [1.54, 1.807) is 36.4 Å². The number of hydrogen-bond acceptors (Lipinski definition) is 5. The van der Waals surface area contributed by atoms with Crippen LogP contribution in [0.2, 0.25) is 0 Å². The molecule has 35 heavy (non-hydrogen) atoms. The summed E-state index contributed by atoms with van der Waals surface area (Å²) in [5.41, 5.74) is 4.33. The monoisotopic (exact) mass is 465 g/mol. The van der Waals surface area contributed by atoms with Crippen LogP contribution in [0, 0.1) is 11.3 Å². The smallest absolute Gasteiger partial charge is 0.251 e. The first-order valence-corrected chi connectivity index (χ1v) is 11.4. The Hall–Kier alpha value is -4.41. The molecule has 4 aromatic rings. The third kappa shape index (κ3) is 5.57. The maximum atomic E-state index is 12.5. The van der Waals surface area contributed by atoms with Crippen molar-refractivity contribution < 1.29 is 9.90 Å². The quantitative estimate of drug-likeness (QED) is 0.261. The van der Waals surface area contributed by atoms with Gasteiger partial charge in [0.2, 0.25) is 0 Å². The van der Waals surface area contributed by atoms with E-state index in [9.17, 15) is 15.2 Å². The molecule has 0 fully saturated rings. The molecule has 3 aromatic carbocycles. The number of amides is 1. The van der Waals surface area contributed by atoms with Crippen molar-refractivity contribution in [3.8, 4) is 11.9 Å². The molecule has 1 aromatic heterocycles.